The van der Waals surface area contributed by atoms with Gasteiger partial charge in [0.1, 0.15) is 0 Å². The maximum atomic E-state index is 12.6. The Morgan fingerprint density at radius 2 is 2.07 bits per heavy atom. The third-order valence-electron chi connectivity index (χ3n) is 4.40. The van der Waals surface area contributed by atoms with Gasteiger partial charge >= 0.3 is 0 Å². The van der Waals surface area contributed by atoms with Crippen molar-refractivity contribution in [2.75, 3.05) is 5.32 Å². The fourth-order valence-corrected chi connectivity index (χ4v) is 3.78. The second-order valence-electron chi connectivity index (χ2n) is 6.30. The van der Waals surface area contributed by atoms with Gasteiger partial charge in [-0.05, 0) is 36.9 Å². The average molecular weight is 413 g/mol. The highest BCUT2D eigenvalue weighted by molar-refractivity contribution is 7.13. The van der Waals surface area contributed by atoms with E-state index in [1.54, 1.807) is 6.07 Å². The summed E-state index contributed by atoms with van der Waals surface area (Å²) in [5.74, 6) is 0.234. The summed E-state index contributed by atoms with van der Waals surface area (Å²) in [5.41, 5.74) is 3.41. The zero-order valence-electron chi connectivity index (χ0n) is 15.3. The van der Waals surface area contributed by atoms with Crippen LogP contribution in [-0.4, -0.2) is 20.8 Å². The molecule has 0 atom stereocenters. The number of anilines is 1. The molecule has 6 nitrogen and oxygen atoms in total. The van der Waals surface area contributed by atoms with E-state index in [1.165, 1.54) is 11.3 Å². The molecule has 28 heavy (non-hydrogen) atoms. The third kappa shape index (κ3) is 3.58. The molecule has 1 amide bonds. The minimum absolute atomic E-state index is 0.223. The number of halogens is 1. The molecule has 0 aliphatic rings. The van der Waals surface area contributed by atoms with Crippen molar-refractivity contribution < 1.29 is 9.32 Å². The summed E-state index contributed by atoms with van der Waals surface area (Å²) in [7, 11) is 0. The van der Waals surface area contributed by atoms with Gasteiger partial charge in [0.25, 0.3) is 5.91 Å². The monoisotopic (exact) mass is 412 g/mol. The van der Waals surface area contributed by atoms with Crippen LogP contribution in [0.4, 0.5) is 5.69 Å². The second-order valence-corrected chi connectivity index (χ2v) is 7.66. The Bertz CT molecular complexity index is 1130. The quantitative estimate of drug-likeness (QED) is 0.490. The van der Waals surface area contributed by atoms with Gasteiger partial charge in [-0.3, -0.25) is 9.48 Å². The Kier molecular flexibility index (Phi) is 5.02. The van der Waals surface area contributed by atoms with Crippen molar-refractivity contribution in [3.05, 3.63) is 75.5 Å². The fraction of sp³-hybridized carbons (Fsp3) is 0.150. The van der Waals surface area contributed by atoms with Gasteiger partial charge in [-0.1, -0.05) is 41.0 Å². The molecule has 0 saturated heterocycles. The van der Waals surface area contributed by atoms with E-state index >= 15 is 0 Å². The number of aryl methyl sites for hydroxylation is 1. The number of nitrogens with zero attached hydrogens (tertiary/aromatic N) is 3. The van der Waals surface area contributed by atoms with Crippen molar-refractivity contribution in [3.8, 4) is 10.6 Å². The molecule has 3 aromatic heterocycles. The lowest BCUT2D eigenvalue weighted by atomic mass is 10.2. The number of thiophene rings is 1. The fourth-order valence-electron chi connectivity index (χ4n) is 2.91. The van der Waals surface area contributed by atoms with Crippen LogP contribution >= 0.6 is 22.9 Å². The SMILES string of the molecule is Cc1nn(Cc2ccccc2Cl)c(C)c1NC(=O)c1cc(-c2cccs2)on1. The number of rotatable bonds is 5. The first-order valence-corrected chi connectivity index (χ1v) is 9.88. The van der Waals surface area contributed by atoms with Crippen molar-refractivity contribution >= 4 is 34.5 Å². The van der Waals surface area contributed by atoms with E-state index in [1.807, 2.05) is 60.3 Å². The lowest BCUT2D eigenvalue weighted by Crippen LogP contribution is -2.13. The Labute approximate surface area is 170 Å². The molecule has 0 saturated carbocycles. The summed E-state index contributed by atoms with van der Waals surface area (Å²) >= 11 is 7.78. The van der Waals surface area contributed by atoms with Crippen LogP contribution in [0.15, 0.2) is 52.4 Å². The van der Waals surface area contributed by atoms with Crippen LogP contribution in [-0.2, 0) is 6.54 Å². The highest BCUT2D eigenvalue weighted by Gasteiger charge is 2.19. The maximum Gasteiger partial charge on any atom is 0.277 e. The molecule has 0 bridgehead atoms. The third-order valence-corrected chi connectivity index (χ3v) is 5.66. The van der Waals surface area contributed by atoms with Crippen LogP contribution in [0, 0.1) is 13.8 Å². The highest BCUT2D eigenvalue weighted by atomic mass is 35.5. The van der Waals surface area contributed by atoms with Gasteiger partial charge in [-0.15, -0.1) is 11.3 Å². The van der Waals surface area contributed by atoms with Crippen molar-refractivity contribution in [3.63, 3.8) is 0 Å². The number of hydrogen-bond acceptors (Lipinski definition) is 5. The van der Waals surface area contributed by atoms with E-state index in [9.17, 15) is 4.79 Å². The molecule has 0 radical (unpaired) electrons. The molecule has 4 rings (SSSR count). The lowest BCUT2D eigenvalue weighted by molar-refractivity contribution is 0.101. The van der Waals surface area contributed by atoms with Crippen molar-refractivity contribution in [2.45, 2.75) is 20.4 Å². The van der Waals surface area contributed by atoms with Crippen molar-refractivity contribution in [1.29, 1.82) is 0 Å². The molecule has 0 fully saturated rings. The summed E-state index contributed by atoms with van der Waals surface area (Å²) in [5, 5.41) is 14.0. The number of carbonyl (C=O) groups excluding carboxylic acids is 1. The molecule has 4 aromatic rings. The summed E-state index contributed by atoms with van der Waals surface area (Å²) in [6, 6.07) is 13.1. The first-order valence-electron chi connectivity index (χ1n) is 8.62. The Hall–Kier alpha value is -2.90. The summed E-state index contributed by atoms with van der Waals surface area (Å²) in [6.45, 7) is 4.28. The van der Waals surface area contributed by atoms with Gasteiger partial charge in [0.05, 0.1) is 28.5 Å². The number of aromatic nitrogens is 3. The Balaban J connectivity index is 1.54. The number of hydrogen-bond donors (Lipinski definition) is 1. The number of amides is 1. The minimum atomic E-state index is -0.338. The van der Waals surface area contributed by atoms with Gasteiger partial charge in [-0.25, -0.2) is 0 Å². The first kappa shape index (κ1) is 18.5. The zero-order valence-corrected chi connectivity index (χ0v) is 16.8. The van der Waals surface area contributed by atoms with Crippen LogP contribution < -0.4 is 5.32 Å². The number of carbonyl (C=O) groups is 1. The predicted octanol–water partition coefficient (Wildman–Crippen LogP) is 5.17. The van der Waals surface area contributed by atoms with Gasteiger partial charge in [-0.2, -0.15) is 5.10 Å². The first-order chi connectivity index (χ1) is 13.5. The molecule has 1 N–H and O–H groups in total. The minimum Gasteiger partial charge on any atom is -0.355 e. The van der Waals surface area contributed by atoms with E-state index in [0.29, 0.717) is 23.0 Å². The van der Waals surface area contributed by atoms with Crippen LogP contribution in [0.5, 0.6) is 0 Å². The van der Waals surface area contributed by atoms with Crippen molar-refractivity contribution in [1.82, 2.24) is 14.9 Å². The summed E-state index contributed by atoms with van der Waals surface area (Å²) in [4.78, 5) is 13.6. The predicted molar refractivity (Wildman–Crippen MR) is 110 cm³/mol. The normalized spacial score (nSPS) is 11.0. The average Bonchev–Trinajstić information content (AvgIpc) is 3.41. The Morgan fingerprint density at radius 1 is 1.25 bits per heavy atom. The van der Waals surface area contributed by atoms with Crippen LogP contribution in [0.3, 0.4) is 0 Å². The molecular weight excluding hydrogens is 396 g/mol. The van der Waals surface area contributed by atoms with Gasteiger partial charge in [0, 0.05) is 11.1 Å². The van der Waals surface area contributed by atoms with Gasteiger partial charge in [0.2, 0.25) is 0 Å². The molecule has 8 heteroatoms. The molecular formula is C20H17ClN4O2S. The van der Waals surface area contributed by atoms with Gasteiger partial charge in [0.15, 0.2) is 11.5 Å². The largest absolute Gasteiger partial charge is 0.355 e. The van der Waals surface area contributed by atoms with E-state index in [0.717, 1.165) is 21.8 Å². The number of nitrogens with one attached hydrogen (secondary N) is 1. The molecule has 0 unspecified atom stereocenters. The molecule has 0 aliphatic carbocycles. The number of benzene rings is 1. The maximum absolute atomic E-state index is 12.6. The molecule has 3 heterocycles. The summed E-state index contributed by atoms with van der Waals surface area (Å²) in [6.07, 6.45) is 0. The summed E-state index contributed by atoms with van der Waals surface area (Å²) < 4.78 is 7.12. The molecule has 142 valence electrons. The van der Waals surface area contributed by atoms with E-state index in [4.69, 9.17) is 16.1 Å². The standard InChI is InChI=1S/C20H17ClN4O2S/c1-12-19(13(2)25(23-12)11-14-6-3-4-7-15(14)21)22-20(26)16-10-17(27-24-16)18-8-5-9-28-18/h3-10H,11H2,1-2H3,(H,22,26). The Morgan fingerprint density at radius 3 is 2.82 bits per heavy atom. The van der Waals surface area contributed by atoms with E-state index < -0.39 is 0 Å². The lowest BCUT2D eigenvalue weighted by Gasteiger charge is -2.07. The van der Waals surface area contributed by atoms with E-state index in [2.05, 4.69) is 15.6 Å². The van der Waals surface area contributed by atoms with Crippen LogP contribution in [0.25, 0.3) is 10.6 Å². The smallest absolute Gasteiger partial charge is 0.277 e. The molecule has 0 spiro atoms. The molecule has 0 aliphatic heterocycles. The van der Waals surface area contributed by atoms with Crippen LogP contribution in [0.1, 0.15) is 27.4 Å². The van der Waals surface area contributed by atoms with Gasteiger partial charge < -0.3 is 9.84 Å². The molecule has 1 aromatic carbocycles. The zero-order chi connectivity index (χ0) is 19.7. The van der Waals surface area contributed by atoms with E-state index in [-0.39, 0.29) is 11.6 Å². The topological polar surface area (TPSA) is 73.0 Å². The second kappa shape index (κ2) is 7.61. The highest BCUT2D eigenvalue weighted by Crippen LogP contribution is 2.26. The van der Waals surface area contributed by atoms with Crippen LogP contribution in [0.2, 0.25) is 5.02 Å². The van der Waals surface area contributed by atoms with Crippen molar-refractivity contribution in [2.24, 2.45) is 0 Å².